The summed E-state index contributed by atoms with van der Waals surface area (Å²) >= 11 is 1.27. The molecule has 0 N–H and O–H groups in total. The summed E-state index contributed by atoms with van der Waals surface area (Å²) in [6, 6.07) is 31.7. The highest BCUT2D eigenvalue weighted by molar-refractivity contribution is 7.07. The van der Waals surface area contributed by atoms with Gasteiger partial charge in [0.15, 0.2) is 16.3 Å². The van der Waals surface area contributed by atoms with Crippen molar-refractivity contribution in [3.05, 3.63) is 156 Å². The summed E-state index contributed by atoms with van der Waals surface area (Å²) < 4.78 is 19.7. The van der Waals surface area contributed by atoms with E-state index in [1.165, 1.54) is 11.3 Å². The Hall–Kier alpha value is -5.72. The van der Waals surface area contributed by atoms with E-state index in [1.54, 1.807) is 23.6 Å². The molecule has 1 atom stereocenters. The molecule has 50 heavy (non-hydrogen) atoms. The van der Waals surface area contributed by atoms with E-state index >= 15 is 0 Å². The van der Waals surface area contributed by atoms with Crippen LogP contribution in [0, 0.1) is 11.3 Å². The molecule has 0 fully saturated rings. The summed E-state index contributed by atoms with van der Waals surface area (Å²) in [5.41, 5.74) is 5.49. The summed E-state index contributed by atoms with van der Waals surface area (Å²) in [4.78, 5) is 33.6. The fourth-order valence-corrected chi connectivity index (χ4v) is 6.81. The first kappa shape index (κ1) is 34.2. The van der Waals surface area contributed by atoms with Gasteiger partial charge in [-0.3, -0.25) is 9.36 Å². The second kappa shape index (κ2) is 15.2. The number of carbonyl (C=O) groups excluding carboxylic acids is 1. The van der Waals surface area contributed by atoms with Gasteiger partial charge < -0.3 is 14.2 Å². The van der Waals surface area contributed by atoms with Crippen LogP contribution in [-0.2, 0) is 16.1 Å². The van der Waals surface area contributed by atoms with Gasteiger partial charge in [-0.1, -0.05) is 98.0 Å². The molecule has 9 heteroatoms. The number of hydrogen-bond acceptors (Lipinski definition) is 8. The maximum absolute atomic E-state index is 14.4. The molecule has 0 saturated carbocycles. The number of fused-ring (bicyclic) bond motifs is 1. The van der Waals surface area contributed by atoms with E-state index in [1.807, 2.05) is 97.9 Å². The summed E-state index contributed by atoms with van der Waals surface area (Å²) in [6.45, 7) is 8.82. The molecule has 6 rings (SSSR count). The second-order valence-electron chi connectivity index (χ2n) is 12.0. The van der Waals surface area contributed by atoms with Crippen LogP contribution in [-0.4, -0.2) is 23.8 Å². The smallest absolute Gasteiger partial charge is 0.338 e. The Morgan fingerprint density at radius 1 is 0.940 bits per heavy atom. The molecule has 0 radical (unpaired) electrons. The van der Waals surface area contributed by atoms with Crippen LogP contribution in [0.5, 0.6) is 11.5 Å². The van der Waals surface area contributed by atoms with E-state index in [-0.39, 0.29) is 12.2 Å². The number of carbonyl (C=O) groups is 1. The lowest BCUT2D eigenvalue weighted by atomic mass is 9.91. The van der Waals surface area contributed by atoms with Gasteiger partial charge in [-0.05, 0) is 72.4 Å². The minimum atomic E-state index is -0.749. The SMILES string of the molecule is CCOC(=O)C1=C(c2ccccc2)N=c2s/c(=C\c3ccc(OCc4ccc(C#N)cc4)c(OCC)c3)c(=O)n2[C@H]1c1ccc(C(C)C)cc1. The van der Waals surface area contributed by atoms with Gasteiger partial charge in [0.25, 0.3) is 5.56 Å². The standard InChI is InChI=1S/C41H37N3O5S/c1-5-47-34-22-29(16-21-33(34)49-25-28-14-12-27(24-42)13-15-28)23-35-39(45)44-38(32-19-17-30(18-20-32)26(3)4)36(40(46)48-6-2)37(43-41(44)50-35)31-10-8-7-9-11-31/h7-23,26,38H,5-6,25H2,1-4H3/b35-23-/t38-/m0/s1. The van der Waals surface area contributed by atoms with E-state index in [9.17, 15) is 9.59 Å². The molecule has 5 aromatic rings. The van der Waals surface area contributed by atoms with Crippen LogP contribution in [0.3, 0.4) is 0 Å². The largest absolute Gasteiger partial charge is 0.490 e. The van der Waals surface area contributed by atoms with Gasteiger partial charge in [-0.2, -0.15) is 5.26 Å². The molecule has 4 aromatic carbocycles. The molecule has 1 aromatic heterocycles. The van der Waals surface area contributed by atoms with Crippen LogP contribution in [0.15, 0.2) is 112 Å². The molecule has 0 unspecified atom stereocenters. The van der Waals surface area contributed by atoms with Gasteiger partial charge in [0.1, 0.15) is 6.61 Å². The lowest BCUT2D eigenvalue weighted by molar-refractivity contribution is -0.138. The molecular formula is C41H37N3O5S. The molecule has 1 aliphatic rings. The molecular weight excluding hydrogens is 647 g/mol. The van der Waals surface area contributed by atoms with Crippen LogP contribution in [0.25, 0.3) is 11.8 Å². The van der Waals surface area contributed by atoms with Crippen molar-refractivity contribution in [1.29, 1.82) is 5.26 Å². The number of thiazole rings is 1. The fourth-order valence-electron chi connectivity index (χ4n) is 5.81. The zero-order chi connectivity index (χ0) is 35.2. The normalized spacial score (nSPS) is 14.2. The molecule has 0 bridgehead atoms. The molecule has 2 heterocycles. The zero-order valence-corrected chi connectivity index (χ0v) is 29.2. The van der Waals surface area contributed by atoms with E-state index in [0.717, 1.165) is 27.8 Å². The van der Waals surface area contributed by atoms with Crippen molar-refractivity contribution in [2.24, 2.45) is 4.99 Å². The number of benzene rings is 4. The third-order valence-corrected chi connectivity index (χ3v) is 9.32. The average Bonchev–Trinajstić information content (AvgIpc) is 3.45. The maximum atomic E-state index is 14.4. The monoisotopic (exact) mass is 683 g/mol. The van der Waals surface area contributed by atoms with Crippen molar-refractivity contribution in [3.8, 4) is 17.6 Å². The summed E-state index contributed by atoms with van der Waals surface area (Å²) in [6.07, 6.45) is 1.81. The predicted molar refractivity (Wildman–Crippen MR) is 195 cm³/mol. The van der Waals surface area contributed by atoms with Gasteiger partial charge in [0, 0.05) is 5.56 Å². The van der Waals surface area contributed by atoms with Crippen molar-refractivity contribution in [2.75, 3.05) is 13.2 Å². The van der Waals surface area contributed by atoms with E-state index in [2.05, 4.69) is 19.9 Å². The third-order valence-electron chi connectivity index (χ3n) is 8.34. The van der Waals surface area contributed by atoms with Crippen LogP contribution in [0.2, 0.25) is 0 Å². The molecule has 0 aliphatic carbocycles. The van der Waals surface area contributed by atoms with Gasteiger partial charge in [-0.15, -0.1) is 0 Å². The Balaban J connectivity index is 1.46. The van der Waals surface area contributed by atoms with Crippen molar-refractivity contribution < 1.29 is 19.0 Å². The number of ether oxygens (including phenoxy) is 3. The van der Waals surface area contributed by atoms with E-state index in [0.29, 0.717) is 56.8 Å². The predicted octanol–water partition coefficient (Wildman–Crippen LogP) is 6.91. The number of rotatable bonds is 11. The van der Waals surface area contributed by atoms with Crippen LogP contribution in [0.1, 0.15) is 73.0 Å². The first-order valence-corrected chi connectivity index (χ1v) is 17.4. The van der Waals surface area contributed by atoms with E-state index in [4.69, 9.17) is 24.5 Å². The summed E-state index contributed by atoms with van der Waals surface area (Å²) in [5.74, 6) is 0.911. The Labute approximate surface area is 294 Å². The van der Waals surface area contributed by atoms with Crippen LogP contribution >= 0.6 is 11.3 Å². The fraction of sp³-hybridized carbons (Fsp3) is 0.220. The van der Waals surface area contributed by atoms with Gasteiger partial charge in [0.05, 0.1) is 46.7 Å². The molecule has 0 amide bonds. The number of aromatic nitrogens is 1. The van der Waals surface area contributed by atoms with Gasteiger partial charge >= 0.3 is 5.97 Å². The van der Waals surface area contributed by atoms with Crippen molar-refractivity contribution in [2.45, 2.75) is 46.3 Å². The molecule has 252 valence electrons. The average molecular weight is 684 g/mol. The topological polar surface area (TPSA) is 103 Å². The number of esters is 1. The quantitative estimate of drug-likeness (QED) is 0.140. The lowest BCUT2D eigenvalue weighted by Gasteiger charge is -2.26. The van der Waals surface area contributed by atoms with Gasteiger partial charge in [-0.25, -0.2) is 9.79 Å². The lowest BCUT2D eigenvalue weighted by Crippen LogP contribution is -2.40. The Morgan fingerprint density at radius 2 is 1.68 bits per heavy atom. The minimum absolute atomic E-state index is 0.184. The van der Waals surface area contributed by atoms with Crippen LogP contribution in [0.4, 0.5) is 0 Å². The first-order valence-electron chi connectivity index (χ1n) is 16.6. The minimum Gasteiger partial charge on any atom is -0.490 e. The molecule has 0 spiro atoms. The Morgan fingerprint density at radius 3 is 2.34 bits per heavy atom. The molecule has 1 aliphatic heterocycles. The van der Waals surface area contributed by atoms with Gasteiger partial charge in [0.2, 0.25) is 0 Å². The molecule has 0 saturated heterocycles. The van der Waals surface area contributed by atoms with E-state index < -0.39 is 12.0 Å². The highest BCUT2D eigenvalue weighted by Crippen LogP contribution is 2.36. The first-order chi connectivity index (χ1) is 24.3. The van der Waals surface area contributed by atoms with Crippen molar-refractivity contribution in [1.82, 2.24) is 4.57 Å². The number of nitriles is 1. The number of hydrogen-bond donors (Lipinski definition) is 0. The van der Waals surface area contributed by atoms with Crippen molar-refractivity contribution >= 4 is 29.1 Å². The Kier molecular flexibility index (Phi) is 10.4. The highest BCUT2D eigenvalue weighted by atomic mass is 32.1. The second-order valence-corrected chi connectivity index (χ2v) is 13.0. The number of nitrogens with zero attached hydrogens (tertiary/aromatic N) is 3. The third kappa shape index (κ3) is 7.16. The summed E-state index contributed by atoms with van der Waals surface area (Å²) in [7, 11) is 0. The highest BCUT2D eigenvalue weighted by Gasteiger charge is 2.35. The van der Waals surface area contributed by atoms with Crippen molar-refractivity contribution in [3.63, 3.8) is 0 Å². The zero-order valence-electron chi connectivity index (χ0n) is 28.4. The Bertz CT molecular complexity index is 2260. The van der Waals surface area contributed by atoms with Crippen LogP contribution < -0.4 is 24.4 Å². The molecule has 8 nitrogen and oxygen atoms in total. The summed E-state index contributed by atoms with van der Waals surface area (Å²) in [5, 5.41) is 9.08. The maximum Gasteiger partial charge on any atom is 0.338 e.